The lowest BCUT2D eigenvalue weighted by Crippen LogP contribution is -2.16. The maximum Gasteiger partial charge on any atom is 0.343 e. The van der Waals surface area contributed by atoms with Gasteiger partial charge in [0, 0.05) is 11.4 Å². The fourth-order valence-electron chi connectivity index (χ4n) is 4.29. The van der Waals surface area contributed by atoms with Gasteiger partial charge in [-0.25, -0.2) is 10.2 Å². The zero-order valence-corrected chi connectivity index (χ0v) is 23.8. The molecule has 1 amide bonds. The van der Waals surface area contributed by atoms with E-state index in [2.05, 4.69) is 17.5 Å². The molecule has 0 saturated carbocycles. The average molecular weight is 541 g/mol. The van der Waals surface area contributed by atoms with Gasteiger partial charge < -0.3 is 4.74 Å². The first-order chi connectivity index (χ1) is 18.6. The number of hydrogen-bond donors (Lipinski definition) is 1. The molecule has 0 atom stereocenters. The number of nitrogens with zero attached hydrogens (tertiary/aromatic N) is 1. The number of hydrazone groups is 1. The van der Waals surface area contributed by atoms with Crippen LogP contribution < -0.4 is 10.2 Å². The van der Waals surface area contributed by atoms with E-state index in [-0.39, 0.29) is 5.91 Å². The normalized spacial score (nSPS) is 11.1. The number of carbonyl (C=O) groups is 2. The summed E-state index contributed by atoms with van der Waals surface area (Å²) in [4.78, 5) is 24.2. The van der Waals surface area contributed by atoms with Crippen LogP contribution in [-0.2, 0) is 4.79 Å². The van der Waals surface area contributed by atoms with Crippen molar-refractivity contribution in [1.82, 2.24) is 5.43 Å². The van der Waals surface area contributed by atoms with Crippen molar-refractivity contribution in [3.05, 3.63) is 64.7 Å². The van der Waals surface area contributed by atoms with Crippen LogP contribution in [-0.4, -0.2) is 18.1 Å². The molecule has 6 heteroatoms. The molecule has 2 aromatic carbocycles. The molecule has 5 nitrogen and oxygen atoms in total. The molecule has 0 radical (unpaired) electrons. The summed E-state index contributed by atoms with van der Waals surface area (Å²) in [5.74, 6) is -0.118. The van der Waals surface area contributed by atoms with Crippen LogP contribution in [0.1, 0.15) is 126 Å². The number of carbonyl (C=O) groups excluding carboxylic acids is 2. The number of hydrogen-bond acceptors (Lipinski definition) is 4. The molecule has 38 heavy (non-hydrogen) atoms. The summed E-state index contributed by atoms with van der Waals surface area (Å²) in [6, 6.07) is 13.5. The standard InChI is InChI=1S/C32H45ClN2O3/c1-2-3-4-5-6-7-8-9-10-11-12-13-14-15-16-20-31(36)35-34-26-27-21-23-30(24-22-27)38-32(37)28-18-17-19-29(33)25-28/h17-19,21-26H,2-16,20H2,1H3,(H,35,36). The summed E-state index contributed by atoms with van der Waals surface area (Å²) in [5, 5.41) is 4.51. The molecular formula is C32H45ClN2O3. The molecule has 0 aliphatic carbocycles. The first kappa shape index (κ1) is 31.6. The van der Waals surface area contributed by atoms with Crippen LogP contribution in [0.25, 0.3) is 0 Å². The van der Waals surface area contributed by atoms with Crippen LogP contribution in [0.15, 0.2) is 53.6 Å². The van der Waals surface area contributed by atoms with Crippen LogP contribution in [0, 0.1) is 0 Å². The van der Waals surface area contributed by atoms with Crippen LogP contribution in [0.3, 0.4) is 0 Å². The van der Waals surface area contributed by atoms with E-state index < -0.39 is 5.97 Å². The van der Waals surface area contributed by atoms with Gasteiger partial charge in [0.15, 0.2) is 0 Å². The van der Waals surface area contributed by atoms with E-state index in [4.69, 9.17) is 16.3 Å². The molecule has 0 bridgehead atoms. The Bertz CT molecular complexity index is 959. The molecule has 208 valence electrons. The Morgan fingerprint density at radius 3 is 1.89 bits per heavy atom. The van der Waals surface area contributed by atoms with Gasteiger partial charge in [-0.3, -0.25) is 4.79 Å². The number of benzene rings is 2. The Hall–Kier alpha value is -2.66. The van der Waals surface area contributed by atoms with Gasteiger partial charge in [0.25, 0.3) is 0 Å². The SMILES string of the molecule is CCCCCCCCCCCCCCCCCC(=O)NN=Cc1ccc(OC(=O)c2cccc(Cl)c2)cc1. The van der Waals surface area contributed by atoms with E-state index >= 15 is 0 Å². The molecule has 1 N–H and O–H groups in total. The molecule has 0 saturated heterocycles. The minimum atomic E-state index is -0.472. The molecule has 2 rings (SSSR count). The molecule has 2 aromatic rings. The first-order valence-electron chi connectivity index (χ1n) is 14.5. The third kappa shape index (κ3) is 14.9. The van der Waals surface area contributed by atoms with E-state index in [1.807, 2.05) is 0 Å². The van der Waals surface area contributed by atoms with Crippen molar-refractivity contribution in [3.8, 4) is 5.75 Å². The van der Waals surface area contributed by atoms with Crippen molar-refractivity contribution in [2.24, 2.45) is 5.10 Å². The van der Waals surface area contributed by atoms with Gasteiger partial charge in [0.2, 0.25) is 5.91 Å². The Balaban J connectivity index is 1.46. The number of nitrogens with one attached hydrogen (secondary N) is 1. The zero-order valence-electron chi connectivity index (χ0n) is 23.1. The molecule has 0 fully saturated rings. The predicted molar refractivity (Wildman–Crippen MR) is 158 cm³/mol. The quantitative estimate of drug-likeness (QED) is 0.0598. The Morgan fingerprint density at radius 1 is 0.789 bits per heavy atom. The lowest BCUT2D eigenvalue weighted by Gasteiger charge is -2.05. The summed E-state index contributed by atoms with van der Waals surface area (Å²) >= 11 is 5.92. The highest BCUT2D eigenvalue weighted by molar-refractivity contribution is 6.30. The number of unbranched alkanes of at least 4 members (excludes halogenated alkanes) is 14. The van der Waals surface area contributed by atoms with Gasteiger partial charge in [-0.05, 0) is 54.4 Å². The highest BCUT2D eigenvalue weighted by Gasteiger charge is 2.09. The Kier molecular flexibility index (Phi) is 16.9. The zero-order chi connectivity index (χ0) is 27.3. The van der Waals surface area contributed by atoms with Crippen molar-refractivity contribution in [1.29, 1.82) is 0 Å². The van der Waals surface area contributed by atoms with Crippen molar-refractivity contribution in [2.75, 3.05) is 0 Å². The number of ether oxygens (including phenoxy) is 1. The molecule has 0 heterocycles. The summed E-state index contributed by atoms with van der Waals surface area (Å²) in [7, 11) is 0. The molecule has 0 spiro atoms. The largest absolute Gasteiger partial charge is 0.423 e. The minimum absolute atomic E-state index is 0.0667. The van der Waals surface area contributed by atoms with Crippen molar-refractivity contribution in [3.63, 3.8) is 0 Å². The number of halogens is 1. The van der Waals surface area contributed by atoms with Gasteiger partial charge in [0.05, 0.1) is 11.8 Å². The fraction of sp³-hybridized carbons (Fsp3) is 0.531. The van der Waals surface area contributed by atoms with Gasteiger partial charge in [-0.2, -0.15) is 5.10 Å². The molecule has 0 aromatic heterocycles. The smallest absolute Gasteiger partial charge is 0.343 e. The van der Waals surface area contributed by atoms with Crippen LogP contribution in [0.4, 0.5) is 0 Å². The Morgan fingerprint density at radius 2 is 1.34 bits per heavy atom. The van der Waals surface area contributed by atoms with Crippen LogP contribution >= 0.6 is 11.6 Å². The third-order valence-electron chi connectivity index (χ3n) is 6.56. The highest BCUT2D eigenvalue weighted by Crippen LogP contribution is 2.16. The predicted octanol–water partition coefficient (Wildman–Crippen LogP) is 9.27. The average Bonchev–Trinajstić information content (AvgIpc) is 2.92. The number of rotatable bonds is 20. The summed E-state index contributed by atoms with van der Waals surface area (Å²) in [6.45, 7) is 2.27. The van der Waals surface area contributed by atoms with E-state index in [1.165, 1.54) is 83.5 Å². The second-order valence-electron chi connectivity index (χ2n) is 9.96. The minimum Gasteiger partial charge on any atom is -0.423 e. The van der Waals surface area contributed by atoms with Crippen molar-refractivity contribution in [2.45, 2.75) is 110 Å². The third-order valence-corrected chi connectivity index (χ3v) is 6.80. The number of esters is 1. The summed E-state index contributed by atoms with van der Waals surface area (Å²) in [6.07, 6.45) is 21.7. The topological polar surface area (TPSA) is 67.8 Å². The van der Waals surface area contributed by atoms with Crippen LogP contribution in [0.5, 0.6) is 5.75 Å². The van der Waals surface area contributed by atoms with Crippen molar-refractivity contribution >= 4 is 29.7 Å². The highest BCUT2D eigenvalue weighted by atomic mass is 35.5. The van der Waals surface area contributed by atoms with Crippen molar-refractivity contribution < 1.29 is 14.3 Å². The van der Waals surface area contributed by atoms with Gasteiger partial charge in [-0.15, -0.1) is 0 Å². The van der Waals surface area contributed by atoms with E-state index in [0.29, 0.717) is 22.8 Å². The maximum atomic E-state index is 12.2. The van der Waals surface area contributed by atoms with E-state index in [1.54, 1.807) is 54.7 Å². The monoisotopic (exact) mass is 540 g/mol. The second-order valence-corrected chi connectivity index (χ2v) is 10.4. The lowest BCUT2D eigenvalue weighted by molar-refractivity contribution is -0.121. The molecular weight excluding hydrogens is 496 g/mol. The Labute approximate surface area is 234 Å². The number of amides is 1. The van der Waals surface area contributed by atoms with E-state index in [9.17, 15) is 9.59 Å². The van der Waals surface area contributed by atoms with E-state index in [0.717, 1.165) is 18.4 Å². The molecule has 0 unspecified atom stereocenters. The first-order valence-corrected chi connectivity index (χ1v) is 14.9. The van der Waals surface area contributed by atoms with Gasteiger partial charge in [-0.1, -0.05) is 114 Å². The lowest BCUT2D eigenvalue weighted by atomic mass is 10.0. The molecule has 0 aliphatic heterocycles. The van der Waals surface area contributed by atoms with Crippen LogP contribution in [0.2, 0.25) is 5.02 Å². The summed E-state index contributed by atoms with van der Waals surface area (Å²) in [5.41, 5.74) is 3.77. The summed E-state index contributed by atoms with van der Waals surface area (Å²) < 4.78 is 5.36. The van der Waals surface area contributed by atoms with Gasteiger partial charge in [0.1, 0.15) is 5.75 Å². The maximum absolute atomic E-state index is 12.2. The fourth-order valence-corrected chi connectivity index (χ4v) is 4.49. The molecule has 0 aliphatic rings. The second kappa shape index (κ2) is 20.3. The van der Waals surface area contributed by atoms with Gasteiger partial charge >= 0.3 is 5.97 Å².